The highest BCUT2D eigenvalue weighted by molar-refractivity contribution is 6.23. The SMILES string of the molecule is [2H]c1c([2H])c(-c2ccccc2)c([2H])c(-c2c3ccccc3c(-c3cc4oc5ccccc5c4cc3-c3ccccc3)c3ccccc23)c1[2H]. The lowest BCUT2D eigenvalue weighted by Gasteiger charge is -2.20. The molecular formula is C44H28O. The Labute approximate surface area is 267 Å². The van der Waals surface area contributed by atoms with E-state index >= 15 is 0 Å². The maximum Gasteiger partial charge on any atom is 0.136 e. The lowest BCUT2D eigenvalue weighted by atomic mass is 9.83. The van der Waals surface area contributed by atoms with Crippen molar-refractivity contribution in [1.82, 2.24) is 0 Å². The highest BCUT2D eigenvalue weighted by atomic mass is 16.3. The number of furan rings is 1. The molecule has 0 saturated carbocycles. The number of fused-ring (bicyclic) bond motifs is 5. The Hall–Kier alpha value is -5.92. The summed E-state index contributed by atoms with van der Waals surface area (Å²) in [5.74, 6) is 0. The van der Waals surface area contributed by atoms with Crippen molar-refractivity contribution in [2.75, 3.05) is 0 Å². The number of hydrogen-bond acceptors (Lipinski definition) is 1. The molecule has 0 fully saturated rings. The third kappa shape index (κ3) is 4.17. The fourth-order valence-corrected chi connectivity index (χ4v) is 6.74. The predicted octanol–water partition coefficient (Wildman–Crippen LogP) is 12.6. The molecule has 0 atom stereocenters. The molecule has 0 bridgehead atoms. The van der Waals surface area contributed by atoms with Crippen LogP contribution in [0.5, 0.6) is 0 Å². The monoisotopic (exact) mass is 576 g/mol. The van der Waals surface area contributed by atoms with Crippen molar-refractivity contribution in [3.63, 3.8) is 0 Å². The maximum absolute atomic E-state index is 9.52. The van der Waals surface area contributed by atoms with E-state index in [1.165, 1.54) is 0 Å². The van der Waals surface area contributed by atoms with Gasteiger partial charge in [0.2, 0.25) is 0 Å². The van der Waals surface area contributed by atoms with Gasteiger partial charge < -0.3 is 4.42 Å². The van der Waals surface area contributed by atoms with Gasteiger partial charge >= 0.3 is 0 Å². The summed E-state index contributed by atoms with van der Waals surface area (Å²) < 4.78 is 42.9. The topological polar surface area (TPSA) is 13.1 Å². The van der Waals surface area contributed by atoms with Gasteiger partial charge in [0, 0.05) is 10.8 Å². The quantitative estimate of drug-likeness (QED) is 0.190. The molecule has 0 unspecified atom stereocenters. The predicted molar refractivity (Wildman–Crippen MR) is 190 cm³/mol. The van der Waals surface area contributed by atoms with Gasteiger partial charge in [0.05, 0.1) is 5.48 Å². The van der Waals surface area contributed by atoms with Crippen LogP contribution in [0.15, 0.2) is 174 Å². The van der Waals surface area contributed by atoms with Crippen LogP contribution in [-0.2, 0) is 0 Å². The van der Waals surface area contributed by atoms with Crippen molar-refractivity contribution in [2.24, 2.45) is 0 Å². The molecule has 0 N–H and O–H groups in total. The van der Waals surface area contributed by atoms with Crippen molar-refractivity contribution < 1.29 is 9.90 Å². The van der Waals surface area contributed by atoms with Gasteiger partial charge in [-0.2, -0.15) is 0 Å². The molecule has 0 aliphatic heterocycles. The Morgan fingerprint density at radius 2 is 0.911 bits per heavy atom. The second-order valence-corrected chi connectivity index (χ2v) is 11.3. The second kappa shape index (κ2) is 10.4. The summed E-state index contributed by atoms with van der Waals surface area (Å²) in [7, 11) is 0. The van der Waals surface area contributed by atoms with E-state index < -0.39 is 0 Å². The molecule has 8 aromatic carbocycles. The van der Waals surface area contributed by atoms with Gasteiger partial charge in [-0.1, -0.05) is 146 Å². The first-order valence-electron chi connectivity index (χ1n) is 17.1. The zero-order valence-electron chi connectivity index (χ0n) is 28.3. The minimum absolute atomic E-state index is 0.0777. The smallest absolute Gasteiger partial charge is 0.136 e. The number of benzene rings is 8. The molecule has 1 nitrogen and oxygen atoms in total. The highest BCUT2D eigenvalue weighted by Gasteiger charge is 2.21. The zero-order valence-corrected chi connectivity index (χ0v) is 24.3. The Morgan fingerprint density at radius 1 is 0.378 bits per heavy atom. The molecule has 0 amide bonds. The van der Waals surface area contributed by atoms with Crippen molar-refractivity contribution in [3.05, 3.63) is 170 Å². The average Bonchev–Trinajstić information content (AvgIpc) is 3.51. The van der Waals surface area contributed by atoms with Crippen molar-refractivity contribution in [2.45, 2.75) is 0 Å². The molecule has 45 heavy (non-hydrogen) atoms. The molecule has 9 aromatic rings. The van der Waals surface area contributed by atoms with E-state index in [1.807, 2.05) is 91.0 Å². The van der Waals surface area contributed by atoms with Gasteiger partial charge in [-0.25, -0.2) is 0 Å². The number of para-hydroxylation sites is 1. The minimum Gasteiger partial charge on any atom is -0.456 e. The molecule has 0 spiro atoms. The molecule has 1 aromatic heterocycles. The van der Waals surface area contributed by atoms with Crippen LogP contribution < -0.4 is 0 Å². The van der Waals surface area contributed by atoms with Crippen LogP contribution in [0.1, 0.15) is 5.48 Å². The van der Waals surface area contributed by atoms with Gasteiger partial charge in [-0.3, -0.25) is 0 Å². The molecule has 0 aliphatic carbocycles. The second-order valence-electron chi connectivity index (χ2n) is 11.3. The summed E-state index contributed by atoms with van der Waals surface area (Å²) in [6.07, 6.45) is 0. The molecule has 210 valence electrons. The van der Waals surface area contributed by atoms with Crippen molar-refractivity contribution in [3.8, 4) is 44.5 Å². The lowest BCUT2D eigenvalue weighted by molar-refractivity contribution is 0.669. The fourth-order valence-electron chi connectivity index (χ4n) is 6.74. The van der Waals surface area contributed by atoms with E-state index in [9.17, 15) is 2.74 Å². The third-order valence-electron chi connectivity index (χ3n) is 8.74. The first-order valence-corrected chi connectivity index (χ1v) is 15.1. The summed E-state index contributed by atoms with van der Waals surface area (Å²) >= 11 is 0. The van der Waals surface area contributed by atoms with Gasteiger partial charge in [0.25, 0.3) is 0 Å². The minimum atomic E-state index is -0.191. The summed E-state index contributed by atoms with van der Waals surface area (Å²) in [6.45, 7) is 0. The molecule has 9 rings (SSSR count). The Morgan fingerprint density at radius 3 is 1.58 bits per heavy atom. The Kier molecular flexibility index (Phi) is 5.00. The van der Waals surface area contributed by atoms with Crippen molar-refractivity contribution in [1.29, 1.82) is 0 Å². The summed E-state index contributed by atoms with van der Waals surface area (Å²) in [5, 5.41) is 5.79. The molecule has 0 saturated heterocycles. The third-order valence-corrected chi connectivity index (χ3v) is 8.74. The fraction of sp³-hybridized carbons (Fsp3) is 0. The molecule has 1 heterocycles. The van der Waals surface area contributed by atoms with E-state index in [1.54, 1.807) is 0 Å². The van der Waals surface area contributed by atoms with E-state index in [4.69, 9.17) is 7.16 Å². The average molecular weight is 577 g/mol. The molecule has 0 aliphatic rings. The van der Waals surface area contributed by atoms with Gasteiger partial charge in [0.1, 0.15) is 11.2 Å². The first kappa shape index (κ1) is 21.7. The normalized spacial score (nSPS) is 12.8. The van der Waals surface area contributed by atoms with Crippen LogP contribution in [0.25, 0.3) is 88.0 Å². The number of rotatable bonds is 4. The van der Waals surface area contributed by atoms with Crippen LogP contribution in [0.3, 0.4) is 0 Å². The lowest BCUT2D eigenvalue weighted by Crippen LogP contribution is -1.93. The maximum atomic E-state index is 9.52. The van der Waals surface area contributed by atoms with Crippen LogP contribution in [0.4, 0.5) is 0 Å². The zero-order chi connectivity index (χ0) is 33.2. The molecular weight excluding hydrogens is 544 g/mol. The number of hydrogen-bond donors (Lipinski definition) is 0. The largest absolute Gasteiger partial charge is 0.456 e. The summed E-state index contributed by atoms with van der Waals surface area (Å²) in [5.41, 5.74) is 7.96. The molecule has 1 heteroatoms. The van der Waals surface area contributed by atoms with Crippen LogP contribution in [0.2, 0.25) is 0 Å². The summed E-state index contributed by atoms with van der Waals surface area (Å²) in [6, 6.07) is 48.2. The van der Waals surface area contributed by atoms with Crippen molar-refractivity contribution >= 4 is 43.5 Å². The van der Waals surface area contributed by atoms with Gasteiger partial charge in [-0.05, 0) is 90.3 Å². The van der Waals surface area contributed by atoms with Gasteiger partial charge in [-0.15, -0.1) is 0 Å². The van der Waals surface area contributed by atoms with Crippen LogP contribution >= 0.6 is 0 Å². The van der Waals surface area contributed by atoms with E-state index in [-0.39, 0.29) is 24.2 Å². The standard InChI is InChI=1S/C44H28O/c1-3-14-29(15-4-1)31-18-13-19-32(26-31)43-34-21-7-9-23-36(34)44(37-24-10-8-22-35(37)43)40-28-42-39(33-20-11-12-25-41(33)45-42)27-38(40)30-16-5-2-6-17-30/h1-28H/i13D,18D,19D,26D. The van der Waals surface area contributed by atoms with Crippen LogP contribution in [0, 0.1) is 0 Å². The van der Waals surface area contributed by atoms with Crippen LogP contribution in [-0.4, -0.2) is 0 Å². The molecule has 0 radical (unpaired) electrons. The summed E-state index contributed by atoms with van der Waals surface area (Å²) in [4.78, 5) is 0. The van der Waals surface area contributed by atoms with E-state index in [2.05, 4.69) is 54.6 Å². The Bertz CT molecular complexity index is 2690. The highest BCUT2D eigenvalue weighted by Crippen LogP contribution is 2.48. The van der Waals surface area contributed by atoms with Gasteiger partial charge in [0.15, 0.2) is 0 Å². The van der Waals surface area contributed by atoms with E-state index in [0.717, 1.165) is 71.3 Å². The van der Waals surface area contributed by atoms with E-state index in [0.29, 0.717) is 16.7 Å². The Balaban J connectivity index is 1.44. The first-order chi connectivity index (χ1) is 24.0.